The van der Waals surface area contributed by atoms with Crippen LogP contribution >= 0.6 is 23.2 Å². The van der Waals surface area contributed by atoms with Crippen LogP contribution in [0.2, 0.25) is 10.0 Å². The summed E-state index contributed by atoms with van der Waals surface area (Å²) in [5.74, 6) is -1.21. The summed E-state index contributed by atoms with van der Waals surface area (Å²) in [6, 6.07) is 3.62. The zero-order valence-electron chi connectivity index (χ0n) is 14.0. The molecule has 0 atom stereocenters. The van der Waals surface area contributed by atoms with Crippen LogP contribution in [-0.4, -0.2) is 25.7 Å². The number of nitrogens with zero attached hydrogens (tertiary/aromatic N) is 3. The lowest BCUT2D eigenvalue weighted by Gasteiger charge is -2.09. The van der Waals surface area contributed by atoms with E-state index in [0.29, 0.717) is 22.5 Å². The fraction of sp³-hybridized carbons (Fsp3) is 0.235. The van der Waals surface area contributed by atoms with Crippen LogP contribution in [0, 0.1) is 13.8 Å². The predicted octanol–water partition coefficient (Wildman–Crippen LogP) is 4.96. The van der Waals surface area contributed by atoms with Crippen molar-refractivity contribution in [2.75, 3.05) is 0 Å². The number of benzene rings is 1. The van der Waals surface area contributed by atoms with Crippen LogP contribution < -0.4 is 0 Å². The zero-order chi connectivity index (χ0) is 20.1. The Labute approximate surface area is 161 Å². The SMILES string of the molecule is Cc1cc(C(F)(F)F)nn2c(C)c(Cc3c(Cl)ccc(C(=O)O)c3Cl)nc12. The normalized spacial score (nSPS) is 12.0. The van der Waals surface area contributed by atoms with Gasteiger partial charge in [0.1, 0.15) is 0 Å². The summed E-state index contributed by atoms with van der Waals surface area (Å²) >= 11 is 12.3. The minimum atomic E-state index is -4.59. The number of fused-ring (bicyclic) bond motifs is 1. The number of carboxylic acid groups (broad SMARTS) is 1. The van der Waals surface area contributed by atoms with Crippen molar-refractivity contribution in [3.8, 4) is 0 Å². The Hall–Kier alpha value is -2.32. The third kappa shape index (κ3) is 3.46. The van der Waals surface area contributed by atoms with Crippen molar-refractivity contribution in [2.45, 2.75) is 26.4 Å². The van der Waals surface area contributed by atoms with Gasteiger partial charge in [-0.15, -0.1) is 0 Å². The zero-order valence-corrected chi connectivity index (χ0v) is 15.5. The molecule has 3 aromatic rings. The maximum atomic E-state index is 13.0. The van der Waals surface area contributed by atoms with Gasteiger partial charge in [-0.2, -0.15) is 18.3 Å². The Morgan fingerprint density at radius 3 is 2.52 bits per heavy atom. The fourth-order valence-corrected chi connectivity index (χ4v) is 3.30. The summed E-state index contributed by atoms with van der Waals surface area (Å²) in [4.78, 5) is 15.6. The lowest BCUT2D eigenvalue weighted by atomic mass is 10.1. The highest BCUT2D eigenvalue weighted by Crippen LogP contribution is 2.32. The Balaban J connectivity index is 2.15. The van der Waals surface area contributed by atoms with Crippen molar-refractivity contribution in [1.82, 2.24) is 14.6 Å². The molecule has 0 amide bonds. The number of hydrogen-bond acceptors (Lipinski definition) is 3. The van der Waals surface area contributed by atoms with Crippen LogP contribution in [-0.2, 0) is 12.6 Å². The standard InChI is InChI=1S/C17H12Cl2F3N3O2/c1-7-5-13(17(20,21)22)24-25-8(2)12(23-15(7)25)6-10-11(18)4-3-9(14(10)19)16(26)27/h3-5H,6H2,1-2H3,(H,26,27). The lowest BCUT2D eigenvalue weighted by molar-refractivity contribution is -0.141. The molecular formula is C17H12Cl2F3N3O2. The second kappa shape index (κ2) is 6.69. The Morgan fingerprint density at radius 1 is 1.26 bits per heavy atom. The third-order valence-electron chi connectivity index (χ3n) is 4.14. The Bertz CT molecular complexity index is 1080. The van der Waals surface area contributed by atoms with Gasteiger partial charge in [-0.3, -0.25) is 0 Å². The van der Waals surface area contributed by atoms with Gasteiger partial charge in [0.25, 0.3) is 0 Å². The number of imidazole rings is 1. The van der Waals surface area contributed by atoms with Gasteiger partial charge in [0, 0.05) is 11.4 Å². The largest absolute Gasteiger partial charge is 0.478 e. The number of aromatic carboxylic acids is 1. The molecule has 0 radical (unpaired) electrons. The molecule has 0 saturated carbocycles. The number of hydrogen-bond donors (Lipinski definition) is 1. The summed E-state index contributed by atoms with van der Waals surface area (Å²) in [5.41, 5.74) is 0.552. The van der Waals surface area contributed by atoms with Gasteiger partial charge < -0.3 is 5.11 Å². The van der Waals surface area contributed by atoms with E-state index in [0.717, 1.165) is 10.6 Å². The molecule has 0 aliphatic carbocycles. The molecule has 0 saturated heterocycles. The second-order valence-corrected chi connectivity index (χ2v) is 6.74. The monoisotopic (exact) mass is 417 g/mol. The van der Waals surface area contributed by atoms with E-state index in [4.69, 9.17) is 23.2 Å². The molecule has 142 valence electrons. The van der Waals surface area contributed by atoms with Crippen molar-refractivity contribution in [3.63, 3.8) is 0 Å². The van der Waals surface area contributed by atoms with E-state index in [1.54, 1.807) is 6.92 Å². The molecule has 1 aromatic carbocycles. The minimum absolute atomic E-state index is 0.0351. The van der Waals surface area contributed by atoms with Gasteiger partial charge in [0.05, 0.1) is 22.0 Å². The first-order chi connectivity index (χ1) is 12.5. The van der Waals surface area contributed by atoms with Crippen LogP contribution in [0.15, 0.2) is 18.2 Å². The molecular weight excluding hydrogens is 406 g/mol. The first-order valence-corrected chi connectivity index (χ1v) is 8.39. The number of aromatic nitrogens is 3. The molecule has 0 fully saturated rings. The summed E-state index contributed by atoms with van der Waals surface area (Å²) in [5, 5.41) is 13.0. The first-order valence-electron chi connectivity index (χ1n) is 7.64. The number of aryl methyl sites for hydroxylation is 2. The molecule has 0 aliphatic rings. The highest BCUT2D eigenvalue weighted by atomic mass is 35.5. The van der Waals surface area contributed by atoms with Gasteiger partial charge in [0.2, 0.25) is 0 Å². The van der Waals surface area contributed by atoms with Crippen LogP contribution in [0.25, 0.3) is 5.65 Å². The molecule has 2 aromatic heterocycles. The van der Waals surface area contributed by atoms with Crippen molar-refractivity contribution < 1.29 is 23.1 Å². The Morgan fingerprint density at radius 2 is 1.93 bits per heavy atom. The molecule has 0 spiro atoms. The van der Waals surface area contributed by atoms with Gasteiger partial charge in [-0.05, 0) is 43.2 Å². The van der Waals surface area contributed by atoms with Crippen LogP contribution in [0.3, 0.4) is 0 Å². The second-order valence-electron chi connectivity index (χ2n) is 5.96. The fourth-order valence-electron chi connectivity index (χ4n) is 2.72. The average Bonchev–Trinajstić information content (AvgIpc) is 2.87. The number of carbonyl (C=O) groups is 1. The van der Waals surface area contributed by atoms with Gasteiger partial charge in [-0.25, -0.2) is 14.3 Å². The maximum Gasteiger partial charge on any atom is 0.435 e. The molecule has 0 unspecified atom stereocenters. The van der Waals surface area contributed by atoms with Crippen molar-refractivity contribution in [2.24, 2.45) is 0 Å². The topological polar surface area (TPSA) is 67.5 Å². The molecule has 2 heterocycles. The van der Waals surface area contributed by atoms with E-state index in [-0.39, 0.29) is 27.7 Å². The molecule has 3 rings (SSSR count). The summed E-state index contributed by atoms with van der Waals surface area (Å²) in [6.45, 7) is 3.08. The minimum Gasteiger partial charge on any atom is -0.478 e. The van der Waals surface area contributed by atoms with Crippen LogP contribution in [0.1, 0.15) is 38.6 Å². The average molecular weight is 418 g/mol. The molecule has 0 aliphatic heterocycles. The van der Waals surface area contributed by atoms with E-state index >= 15 is 0 Å². The van der Waals surface area contributed by atoms with E-state index in [1.165, 1.54) is 19.1 Å². The highest BCUT2D eigenvalue weighted by Gasteiger charge is 2.34. The molecule has 0 bridgehead atoms. The van der Waals surface area contributed by atoms with E-state index in [9.17, 15) is 23.1 Å². The summed E-state index contributed by atoms with van der Waals surface area (Å²) in [7, 11) is 0. The van der Waals surface area contributed by atoms with E-state index in [2.05, 4.69) is 10.1 Å². The number of rotatable bonds is 3. The first kappa shape index (κ1) is 19.4. The summed E-state index contributed by atoms with van der Waals surface area (Å²) in [6.07, 6.45) is -4.53. The highest BCUT2D eigenvalue weighted by molar-refractivity contribution is 6.37. The Kier molecular flexibility index (Phi) is 4.81. The molecule has 1 N–H and O–H groups in total. The van der Waals surface area contributed by atoms with E-state index < -0.39 is 17.8 Å². The maximum absolute atomic E-state index is 13.0. The number of alkyl halides is 3. The van der Waals surface area contributed by atoms with Crippen molar-refractivity contribution in [3.05, 3.63) is 62.0 Å². The molecule has 5 nitrogen and oxygen atoms in total. The van der Waals surface area contributed by atoms with Gasteiger partial charge >= 0.3 is 12.1 Å². The van der Waals surface area contributed by atoms with Crippen LogP contribution in [0.4, 0.5) is 13.2 Å². The van der Waals surface area contributed by atoms with Crippen molar-refractivity contribution in [1.29, 1.82) is 0 Å². The molecule has 10 heteroatoms. The lowest BCUT2D eigenvalue weighted by Crippen LogP contribution is -2.12. The van der Waals surface area contributed by atoms with E-state index in [1.807, 2.05) is 0 Å². The van der Waals surface area contributed by atoms with Gasteiger partial charge in [0.15, 0.2) is 11.3 Å². The molecule has 27 heavy (non-hydrogen) atoms. The van der Waals surface area contributed by atoms with Gasteiger partial charge in [-0.1, -0.05) is 23.2 Å². The quantitative estimate of drug-likeness (QED) is 0.653. The van der Waals surface area contributed by atoms with Crippen LogP contribution in [0.5, 0.6) is 0 Å². The number of carboxylic acids is 1. The predicted molar refractivity (Wildman–Crippen MR) is 93.7 cm³/mol. The number of halogens is 5. The third-order valence-corrected chi connectivity index (χ3v) is 4.93. The summed E-state index contributed by atoms with van der Waals surface area (Å²) < 4.78 is 40.2. The van der Waals surface area contributed by atoms with Crippen molar-refractivity contribution >= 4 is 34.8 Å². The smallest absolute Gasteiger partial charge is 0.435 e.